The van der Waals surface area contributed by atoms with E-state index in [2.05, 4.69) is 5.32 Å². The quantitative estimate of drug-likeness (QED) is 0.689. The van der Waals surface area contributed by atoms with Gasteiger partial charge in [0.2, 0.25) is 0 Å². The molecule has 140 valence electrons. The Morgan fingerprint density at radius 2 is 1.44 bits per heavy atom. The van der Waals surface area contributed by atoms with Crippen molar-refractivity contribution < 1.29 is 19.0 Å². The van der Waals surface area contributed by atoms with Gasteiger partial charge in [-0.25, -0.2) is 0 Å². The second kappa shape index (κ2) is 8.45. The van der Waals surface area contributed by atoms with Crippen molar-refractivity contribution in [3.8, 4) is 17.2 Å². The number of hydrogen-bond donors (Lipinski definition) is 1. The Kier molecular flexibility index (Phi) is 5.81. The van der Waals surface area contributed by atoms with Crippen molar-refractivity contribution in [2.45, 2.75) is 19.6 Å². The van der Waals surface area contributed by atoms with Crippen LogP contribution in [0.4, 0.5) is 0 Å². The van der Waals surface area contributed by atoms with Crippen LogP contribution in [0.1, 0.15) is 12.5 Å². The van der Waals surface area contributed by atoms with Crippen LogP contribution >= 0.6 is 0 Å². The van der Waals surface area contributed by atoms with E-state index in [0.29, 0.717) is 12.3 Å². The van der Waals surface area contributed by atoms with E-state index >= 15 is 0 Å². The summed E-state index contributed by atoms with van der Waals surface area (Å²) in [5.41, 5.74) is 0.995. The van der Waals surface area contributed by atoms with E-state index in [0.717, 1.165) is 27.8 Å². The first-order valence-corrected chi connectivity index (χ1v) is 8.74. The maximum absolute atomic E-state index is 12.3. The van der Waals surface area contributed by atoms with E-state index in [4.69, 9.17) is 14.2 Å². The van der Waals surface area contributed by atoms with E-state index in [9.17, 15) is 4.79 Å². The molecule has 3 aromatic carbocycles. The largest absolute Gasteiger partial charge is 0.497 e. The fraction of sp³-hybridized carbons (Fsp3) is 0.227. The summed E-state index contributed by atoms with van der Waals surface area (Å²) >= 11 is 0. The Morgan fingerprint density at radius 1 is 0.852 bits per heavy atom. The first kappa shape index (κ1) is 18.6. The molecular formula is C22H23NO4. The van der Waals surface area contributed by atoms with Crippen LogP contribution in [0.5, 0.6) is 17.2 Å². The molecule has 1 atom stereocenters. The Bertz CT molecular complexity index is 921. The Morgan fingerprint density at radius 3 is 2.11 bits per heavy atom. The summed E-state index contributed by atoms with van der Waals surface area (Å²) in [6.07, 6.45) is -0.605. The van der Waals surface area contributed by atoms with Crippen LogP contribution in [-0.2, 0) is 11.3 Å². The maximum Gasteiger partial charge on any atom is 0.261 e. The van der Waals surface area contributed by atoms with Crippen LogP contribution < -0.4 is 19.5 Å². The van der Waals surface area contributed by atoms with Crippen LogP contribution in [0, 0.1) is 0 Å². The lowest BCUT2D eigenvalue weighted by atomic mass is 10.1. The van der Waals surface area contributed by atoms with Gasteiger partial charge in [0, 0.05) is 6.54 Å². The topological polar surface area (TPSA) is 56.8 Å². The zero-order valence-corrected chi connectivity index (χ0v) is 15.7. The van der Waals surface area contributed by atoms with Gasteiger partial charge in [0.25, 0.3) is 5.91 Å². The van der Waals surface area contributed by atoms with E-state index in [1.807, 2.05) is 60.7 Å². The number of hydrogen-bond acceptors (Lipinski definition) is 4. The molecule has 0 aromatic heterocycles. The minimum atomic E-state index is -0.605. The predicted octanol–water partition coefficient (Wildman–Crippen LogP) is 3.94. The number of benzene rings is 3. The zero-order chi connectivity index (χ0) is 19.2. The molecule has 1 N–H and O–H groups in total. The molecule has 0 aliphatic rings. The third kappa shape index (κ3) is 4.70. The summed E-state index contributed by atoms with van der Waals surface area (Å²) in [6.45, 7) is 2.17. The van der Waals surface area contributed by atoms with Crippen molar-refractivity contribution in [2.24, 2.45) is 0 Å². The maximum atomic E-state index is 12.3. The van der Waals surface area contributed by atoms with Gasteiger partial charge in [0.1, 0.15) is 17.2 Å². The molecule has 0 aliphatic heterocycles. The molecule has 0 bridgehead atoms. The second-order valence-corrected chi connectivity index (χ2v) is 6.20. The highest BCUT2D eigenvalue weighted by atomic mass is 16.5. The third-order valence-corrected chi connectivity index (χ3v) is 4.33. The predicted molar refractivity (Wildman–Crippen MR) is 105 cm³/mol. The van der Waals surface area contributed by atoms with Gasteiger partial charge in [-0.05, 0) is 59.7 Å². The van der Waals surface area contributed by atoms with Crippen LogP contribution in [0.15, 0.2) is 60.7 Å². The van der Waals surface area contributed by atoms with Gasteiger partial charge >= 0.3 is 0 Å². The molecule has 3 rings (SSSR count). The summed E-state index contributed by atoms with van der Waals surface area (Å²) < 4.78 is 16.2. The lowest BCUT2D eigenvalue weighted by Gasteiger charge is -2.15. The van der Waals surface area contributed by atoms with Crippen molar-refractivity contribution >= 4 is 16.7 Å². The lowest BCUT2D eigenvalue weighted by molar-refractivity contribution is -0.127. The third-order valence-electron chi connectivity index (χ3n) is 4.33. The standard InChI is InChI=1S/C22H23NO4/c1-15(22(24)23-14-16-4-8-19(25-2)9-5-16)27-21-11-7-17-6-10-20(26-3)12-18(17)13-21/h4-13,15H,14H2,1-3H3,(H,23,24)/t15-/m0/s1. The zero-order valence-electron chi connectivity index (χ0n) is 15.7. The summed E-state index contributed by atoms with van der Waals surface area (Å²) in [6, 6.07) is 19.1. The van der Waals surface area contributed by atoms with Crippen molar-refractivity contribution in [1.29, 1.82) is 0 Å². The molecule has 0 saturated heterocycles. The fourth-order valence-electron chi connectivity index (χ4n) is 2.74. The van der Waals surface area contributed by atoms with E-state index < -0.39 is 6.10 Å². The molecule has 0 aliphatic carbocycles. The fourth-order valence-corrected chi connectivity index (χ4v) is 2.74. The van der Waals surface area contributed by atoms with Crippen LogP contribution in [-0.4, -0.2) is 26.2 Å². The molecule has 0 fully saturated rings. The summed E-state index contributed by atoms with van der Waals surface area (Å²) in [5, 5.41) is 4.97. The first-order valence-electron chi connectivity index (χ1n) is 8.74. The molecule has 0 saturated carbocycles. The molecule has 1 amide bonds. The number of carbonyl (C=O) groups excluding carboxylic acids is 1. The molecule has 3 aromatic rings. The molecule has 5 nitrogen and oxygen atoms in total. The molecule has 0 heterocycles. The normalized spacial score (nSPS) is 11.7. The van der Waals surface area contributed by atoms with Gasteiger partial charge < -0.3 is 19.5 Å². The number of methoxy groups -OCH3 is 2. The second-order valence-electron chi connectivity index (χ2n) is 6.20. The minimum absolute atomic E-state index is 0.170. The molecule has 0 radical (unpaired) electrons. The number of nitrogens with one attached hydrogen (secondary N) is 1. The summed E-state index contributed by atoms with van der Waals surface area (Å²) in [5.74, 6) is 2.04. The Balaban J connectivity index is 1.60. The van der Waals surface area contributed by atoms with Gasteiger partial charge in [-0.1, -0.05) is 24.3 Å². The molecule has 5 heteroatoms. The molecule has 0 spiro atoms. The number of ether oxygens (including phenoxy) is 3. The highest BCUT2D eigenvalue weighted by molar-refractivity contribution is 5.85. The van der Waals surface area contributed by atoms with Crippen LogP contribution in [0.25, 0.3) is 10.8 Å². The summed E-state index contributed by atoms with van der Waals surface area (Å²) in [7, 11) is 3.26. The Hall–Kier alpha value is -3.21. The Labute approximate surface area is 158 Å². The first-order chi connectivity index (χ1) is 13.1. The SMILES string of the molecule is COc1ccc(CNC(=O)[C@H](C)Oc2ccc3ccc(OC)cc3c2)cc1. The number of fused-ring (bicyclic) bond motifs is 1. The minimum Gasteiger partial charge on any atom is -0.497 e. The molecular weight excluding hydrogens is 342 g/mol. The van der Waals surface area contributed by atoms with Crippen molar-refractivity contribution in [2.75, 3.05) is 14.2 Å². The lowest BCUT2D eigenvalue weighted by Crippen LogP contribution is -2.35. The van der Waals surface area contributed by atoms with Gasteiger partial charge in [0.15, 0.2) is 6.10 Å². The monoisotopic (exact) mass is 365 g/mol. The molecule has 27 heavy (non-hydrogen) atoms. The van der Waals surface area contributed by atoms with E-state index in [1.165, 1.54) is 0 Å². The number of amides is 1. The van der Waals surface area contributed by atoms with Gasteiger partial charge in [-0.2, -0.15) is 0 Å². The highest BCUT2D eigenvalue weighted by Gasteiger charge is 2.14. The number of carbonyl (C=O) groups is 1. The molecule has 0 unspecified atom stereocenters. The van der Waals surface area contributed by atoms with Crippen molar-refractivity contribution in [1.82, 2.24) is 5.32 Å². The summed E-state index contributed by atoms with van der Waals surface area (Å²) in [4.78, 5) is 12.3. The van der Waals surface area contributed by atoms with Crippen LogP contribution in [0.2, 0.25) is 0 Å². The average molecular weight is 365 g/mol. The smallest absolute Gasteiger partial charge is 0.261 e. The average Bonchev–Trinajstić information content (AvgIpc) is 2.71. The van der Waals surface area contributed by atoms with Gasteiger partial charge in [-0.3, -0.25) is 4.79 Å². The van der Waals surface area contributed by atoms with E-state index in [-0.39, 0.29) is 5.91 Å². The van der Waals surface area contributed by atoms with Crippen molar-refractivity contribution in [3.05, 3.63) is 66.2 Å². The number of rotatable bonds is 7. The van der Waals surface area contributed by atoms with E-state index in [1.54, 1.807) is 21.1 Å². The van der Waals surface area contributed by atoms with Crippen molar-refractivity contribution in [3.63, 3.8) is 0 Å². The highest BCUT2D eigenvalue weighted by Crippen LogP contribution is 2.25. The van der Waals surface area contributed by atoms with Gasteiger partial charge in [-0.15, -0.1) is 0 Å². The van der Waals surface area contributed by atoms with Gasteiger partial charge in [0.05, 0.1) is 14.2 Å². The van der Waals surface area contributed by atoms with Crippen LogP contribution in [0.3, 0.4) is 0 Å².